The van der Waals surface area contributed by atoms with E-state index in [0.29, 0.717) is 22.5 Å². The lowest BCUT2D eigenvalue weighted by molar-refractivity contribution is 0.0601. The molecule has 3 rings (SSSR count). The van der Waals surface area contributed by atoms with Crippen LogP contribution in [0.5, 0.6) is 0 Å². The van der Waals surface area contributed by atoms with Gasteiger partial charge in [-0.15, -0.1) is 0 Å². The molecule has 136 valence electrons. The molecule has 0 aliphatic heterocycles. The van der Waals surface area contributed by atoms with Gasteiger partial charge in [-0.1, -0.05) is 18.2 Å². The van der Waals surface area contributed by atoms with E-state index in [1.807, 2.05) is 0 Å². The van der Waals surface area contributed by atoms with Gasteiger partial charge in [0.1, 0.15) is 11.3 Å². The van der Waals surface area contributed by atoms with Crippen LogP contribution in [0.3, 0.4) is 0 Å². The van der Waals surface area contributed by atoms with E-state index in [9.17, 15) is 13.2 Å². The fourth-order valence-corrected chi connectivity index (χ4v) is 3.19. The van der Waals surface area contributed by atoms with Gasteiger partial charge in [-0.25, -0.2) is 17.9 Å². The van der Waals surface area contributed by atoms with E-state index >= 15 is 0 Å². The maximum atomic E-state index is 12.2. The molecule has 8 heteroatoms. The number of hydrogen-bond acceptors (Lipinski definition) is 6. The second-order valence-corrected chi connectivity index (χ2v) is 7.80. The van der Waals surface area contributed by atoms with Crippen molar-refractivity contribution in [2.75, 3.05) is 13.4 Å². The molecule has 0 spiro atoms. The van der Waals surface area contributed by atoms with E-state index < -0.39 is 15.8 Å². The molecule has 0 unspecified atom stereocenters. The zero-order valence-corrected chi connectivity index (χ0v) is 15.4. The van der Waals surface area contributed by atoms with Crippen molar-refractivity contribution in [3.8, 4) is 23.0 Å². The first kappa shape index (κ1) is 18.4. The molecule has 1 aromatic heterocycles. The lowest BCUT2D eigenvalue weighted by Crippen LogP contribution is -2.02. The standard InChI is InChI=1S/C19H15N3O4S/c1-26-19(23)17-12-22(15-5-3-4-13(10-15)11-20)21-18(17)14-6-8-16(9-7-14)27(2,24)25/h3-10,12H,1-2H3. The van der Waals surface area contributed by atoms with Gasteiger partial charge >= 0.3 is 5.97 Å². The van der Waals surface area contributed by atoms with Crippen molar-refractivity contribution in [1.29, 1.82) is 5.26 Å². The van der Waals surface area contributed by atoms with Crippen molar-refractivity contribution in [2.45, 2.75) is 4.90 Å². The maximum absolute atomic E-state index is 12.2. The van der Waals surface area contributed by atoms with Gasteiger partial charge in [0, 0.05) is 18.0 Å². The highest BCUT2D eigenvalue weighted by atomic mass is 32.2. The summed E-state index contributed by atoms with van der Waals surface area (Å²) in [6.07, 6.45) is 2.64. The number of sulfone groups is 1. The van der Waals surface area contributed by atoms with Crippen molar-refractivity contribution < 1.29 is 17.9 Å². The first-order chi connectivity index (χ1) is 12.8. The molecular weight excluding hydrogens is 366 g/mol. The Bertz CT molecular complexity index is 1160. The van der Waals surface area contributed by atoms with Crippen molar-refractivity contribution in [3.05, 3.63) is 65.9 Å². The Labute approximate surface area is 156 Å². The number of hydrogen-bond donors (Lipinski definition) is 0. The number of ether oxygens (including phenoxy) is 1. The summed E-state index contributed by atoms with van der Waals surface area (Å²) in [6, 6.07) is 14.9. The van der Waals surface area contributed by atoms with Crippen LogP contribution in [0.25, 0.3) is 16.9 Å². The fourth-order valence-electron chi connectivity index (χ4n) is 2.56. The van der Waals surface area contributed by atoms with Crippen molar-refractivity contribution >= 4 is 15.8 Å². The minimum Gasteiger partial charge on any atom is -0.465 e. The Balaban J connectivity index is 2.13. The van der Waals surface area contributed by atoms with Gasteiger partial charge in [0.15, 0.2) is 9.84 Å². The van der Waals surface area contributed by atoms with E-state index in [1.54, 1.807) is 36.4 Å². The summed E-state index contributed by atoms with van der Waals surface area (Å²) in [7, 11) is -2.06. The van der Waals surface area contributed by atoms with Gasteiger partial charge in [0.05, 0.1) is 29.3 Å². The van der Waals surface area contributed by atoms with Crippen molar-refractivity contribution in [1.82, 2.24) is 9.78 Å². The maximum Gasteiger partial charge on any atom is 0.341 e. The minimum absolute atomic E-state index is 0.173. The minimum atomic E-state index is -3.33. The molecular formula is C19H15N3O4S. The van der Waals surface area contributed by atoms with Gasteiger partial charge in [0.25, 0.3) is 0 Å². The molecule has 0 radical (unpaired) electrons. The molecule has 0 atom stereocenters. The predicted molar refractivity (Wildman–Crippen MR) is 98.2 cm³/mol. The van der Waals surface area contributed by atoms with Crippen LogP contribution in [0, 0.1) is 11.3 Å². The number of aromatic nitrogens is 2. The second kappa shape index (κ2) is 7.05. The molecule has 0 fully saturated rings. The number of benzene rings is 2. The molecule has 0 aliphatic carbocycles. The van der Waals surface area contributed by atoms with Gasteiger partial charge in [-0.05, 0) is 30.3 Å². The van der Waals surface area contributed by atoms with E-state index in [0.717, 1.165) is 6.26 Å². The monoisotopic (exact) mass is 381 g/mol. The molecule has 0 amide bonds. The van der Waals surface area contributed by atoms with Crippen LogP contribution in [0.2, 0.25) is 0 Å². The highest BCUT2D eigenvalue weighted by molar-refractivity contribution is 7.90. The van der Waals surface area contributed by atoms with Gasteiger partial charge in [0.2, 0.25) is 0 Å². The van der Waals surface area contributed by atoms with Crippen molar-refractivity contribution in [2.24, 2.45) is 0 Å². The first-order valence-electron chi connectivity index (χ1n) is 7.82. The first-order valence-corrected chi connectivity index (χ1v) is 9.71. The van der Waals surface area contributed by atoms with Gasteiger partial charge in [-0.3, -0.25) is 0 Å². The van der Waals surface area contributed by atoms with Crippen LogP contribution in [-0.4, -0.2) is 37.5 Å². The number of nitriles is 1. The number of nitrogens with zero attached hydrogens (tertiary/aromatic N) is 3. The average Bonchev–Trinajstić information content (AvgIpc) is 3.12. The Morgan fingerprint density at radius 3 is 2.48 bits per heavy atom. The van der Waals surface area contributed by atoms with Crippen LogP contribution in [0.15, 0.2) is 59.6 Å². The third-order valence-corrected chi connectivity index (χ3v) is 5.04. The average molecular weight is 381 g/mol. The van der Waals surface area contributed by atoms with Crippen molar-refractivity contribution in [3.63, 3.8) is 0 Å². The zero-order chi connectivity index (χ0) is 19.6. The smallest absolute Gasteiger partial charge is 0.341 e. The fraction of sp³-hybridized carbons (Fsp3) is 0.105. The highest BCUT2D eigenvalue weighted by Crippen LogP contribution is 2.26. The molecule has 27 heavy (non-hydrogen) atoms. The zero-order valence-electron chi connectivity index (χ0n) is 14.6. The molecule has 0 bridgehead atoms. The van der Waals surface area contributed by atoms with E-state index in [1.165, 1.54) is 30.1 Å². The Morgan fingerprint density at radius 2 is 1.89 bits per heavy atom. The molecule has 2 aromatic carbocycles. The lowest BCUT2D eigenvalue weighted by atomic mass is 10.1. The van der Waals surface area contributed by atoms with Crippen LogP contribution >= 0.6 is 0 Å². The summed E-state index contributed by atoms with van der Waals surface area (Å²) in [5, 5.41) is 13.5. The molecule has 0 saturated carbocycles. The summed E-state index contributed by atoms with van der Waals surface area (Å²) in [4.78, 5) is 12.4. The summed E-state index contributed by atoms with van der Waals surface area (Å²) in [6.45, 7) is 0. The van der Waals surface area contributed by atoms with Gasteiger partial charge in [-0.2, -0.15) is 10.4 Å². The largest absolute Gasteiger partial charge is 0.465 e. The molecule has 1 heterocycles. The molecule has 0 saturated heterocycles. The quantitative estimate of drug-likeness (QED) is 0.644. The summed E-state index contributed by atoms with van der Waals surface area (Å²) >= 11 is 0. The van der Waals surface area contributed by atoms with E-state index in [4.69, 9.17) is 10.00 Å². The Kier molecular flexibility index (Phi) is 4.79. The van der Waals surface area contributed by atoms with E-state index in [2.05, 4.69) is 11.2 Å². The summed E-state index contributed by atoms with van der Waals surface area (Å²) < 4.78 is 29.6. The molecule has 0 N–H and O–H groups in total. The third kappa shape index (κ3) is 3.73. The normalized spacial score (nSPS) is 11.0. The van der Waals surface area contributed by atoms with Gasteiger partial charge < -0.3 is 4.74 Å². The number of carbonyl (C=O) groups is 1. The molecule has 7 nitrogen and oxygen atoms in total. The second-order valence-electron chi connectivity index (χ2n) is 5.79. The Hall–Kier alpha value is -3.44. The molecule has 0 aliphatic rings. The van der Waals surface area contributed by atoms with E-state index in [-0.39, 0.29) is 10.5 Å². The predicted octanol–water partition coefficient (Wildman–Crippen LogP) is 2.60. The molecule has 3 aromatic rings. The number of esters is 1. The summed E-state index contributed by atoms with van der Waals surface area (Å²) in [5.41, 5.74) is 2.22. The van der Waals surface area contributed by atoms with Crippen LogP contribution < -0.4 is 0 Å². The van der Waals surface area contributed by atoms with Crippen LogP contribution in [-0.2, 0) is 14.6 Å². The Morgan fingerprint density at radius 1 is 1.19 bits per heavy atom. The number of rotatable bonds is 4. The highest BCUT2D eigenvalue weighted by Gasteiger charge is 2.20. The number of methoxy groups -OCH3 is 1. The summed E-state index contributed by atoms with van der Waals surface area (Å²) in [5.74, 6) is -0.570. The third-order valence-electron chi connectivity index (χ3n) is 3.92. The topological polar surface area (TPSA) is 102 Å². The number of carbonyl (C=O) groups excluding carboxylic acids is 1. The lowest BCUT2D eigenvalue weighted by Gasteiger charge is -2.03. The SMILES string of the molecule is COC(=O)c1cn(-c2cccc(C#N)c2)nc1-c1ccc(S(C)(=O)=O)cc1. The van der Waals surface area contributed by atoms with Crippen LogP contribution in [0.4, 0.5) is 0 Å². The van der Waals surface area contributed by atoms with Crippen LogP contribution in [0.1, 0.15) is 15.9 Å².